The molecule has 1 fully saturated rings. The van der Waals surface area contributed by atoms with Crippen molar-refractivity contribution < 1.29 is 4.79 Å². The number of rotatable bonds is 1. The van der Waals surface area contributed by atoms with Gasteiger partial charge < -0.3 is 11.1 Å². The molecule has 3 N–H and O–H groups in total. The monoisotopic (exact) mass is 164 g/mol. The SMILES string of the molecule is Cl.NCC1CCNC(=O)C1. The number of carbonyl (C=O) groups is 1. The van der Waals surface area contributed by atoms with E-state index in [9.17, 15) is 4.79 Å². The summed E-state index contributed by atoms with van der Waals surface area (Å²) in [7, 11) is 0. The Hall–Kier alpha value is -0.280. The third kappa shape index (κ3) is 2.54. The first kappa shape index (κ1) is 9.72. The smallest absolute Gasteiger partial charge is 0.220 e. The largest absolute Gasteiger partial charge is 0.356 e. The quantitative estimate of drug-likeness (QED) is 0.569. The summed E-state index contributed by atoms with van der Waals surface area (Å²) in [5, 5.41) is 2.75. The van der Waals surface area contributed by atoms with Crippen LogP contribution in [0.15, 0.2) is 0 Å². The number of amides is 1. The van der Waals surface area contributed by atoms with Crippen molar-refractivity contribution >= 4 is 18.3 Å². The highest BCUT2D eigenvalue weighted by atomic mass is 35.5. The summed E-state index contributed by atoms with van der Waals surface area (Å²) < 4.78 is 0. The molecule has 1 aliphatic heterocycles. The molecule has 10 heavy (non-hydrogen) atoms. The Labute approximate surface area is 66.8 Å². The van der Waals surface area contributed by atoms with Gasteiger partial charge in [-0.25, -0.2) is 0 Å². The molecule has 0 aromatic carbocycles. The summed E-state index contributed by atoms with van der Waals surface area (Å²) in [6.07, 6.45) is 1.67. The maximum Gasteiger partial charge on any atom is 0.220 e. The zero-order valence-corrected chi connectivity index (χ0v) is 6.62. The fourth-order valence-corrected chi connectivity index (χ4v) is 1.05. The Bertz CT molecular complexity index is 118. The molecule has 60 valence electrons. The molecule has 1 amide bonds. The molecule has 1 atom stereocenters. The van der Waals surface area contributed by atoms with E-state index >= 15 is 0 Å². The van der Waals surface area contributed by atoms with Gasteiger partial charge in [-0.15, -0.1) is 12.4 Å². The van der Waals surface area contributed by atoms with Gasteiger partial charge in [0, 0.05) is 13.0 Å². The second-order valence-corrected chi connectivity index (χ2v) is 2.44. The highest BCUT2D eigenvalue weighted by molar-refractivity contribution is 5.85. The van der Waals surface area contributed by atoms with E-state index in [1.165, 1.54) is 0 Å². The molecule has 0 spiro atoms. The highest BCUT2D eigenvalue weighted by Crippen LogP contribution is 2.09. The van der Waals surface area contributed by atoms with Gasteiger partial charge in [0.1, 0.15) is 0 Å². The van der Waals surface area contributed by atoms with E-state index in [0.29, 0.717) is 18.9 Å². The Kier molecular flexibility index (Phi) is 4.40. The topological polar surface area (TPSA) is 55.1 Å². The third-order valence-electron chi connectivity index (χ3n) is 1.68. The fourth-order valence-electron chi connectivity index (χ4n) is 1.05. The van der Waals surface area contributed by atoms with Crippen LogP contribution in [0.3, 0.4) is 0 Å². The predicted octanol–water partition coefficient (Wildman–Crippen LogP) is -0.107. The van der Waals surface area contributed by atoms with Crippen molar-refractivity contribution in [2.24, 2.45) is 11.7 Å². The van der Waals surface area contributed by atoms with Crippen LogP contribution < -0.4 is 11.1 Å². The summed E-state index contributed by atoms with van der Waals surface area (Å²) in [5.41, 5.74) is 5.39. The number of hydrogen-bond donors (Lipinski definition) is 2. The molecule has 0 aromatic heterocycles. The molecule has 0 radical (unpaired) electrons. The minimum Gasteiger partial charge on any atom is -0.356 e. The van der Waals surface area contributed by atoms with E-state index in [-0.39, 0.29) is 18.3 Å². The second-order valence-electron chi connectivity index (χ2n) is 2.44. The van der Waals surface area contributed by atoms with E-state index in [0.717, 1.165) is 13.0 Å². The lowest BCUT2D eigenvalue weighted by Gasteiger charge is -2.19. The minimum absolute atomic E-state index is 0. The summed E-state index contributed by atoms with van der Waals surface area (Å²) >= 11 is 0. The molecular weight excluding hydrogens is 152 g/mol. The first-order valence-electron chi connectivity index (χ1n) is 3.29. The van der Waals surface area contributed by atoms with Gasteiger partial charge in [0.2, 0.25) is 5.91 Å². The summed E-state index contributed by atoms with van der Waals surface area (Å²) in [4.78, 5) is 10.7. The molecule has 0 saturated carbocycles. The van der Waals surface area contributed by atoms with Gasteiger partial charge in [0.25, 0.3) is 0 Å². The zero-order valence-electron chi connectivity index (χ0n) is 5.80. The van der Waals surface area contributed by atoms with Crippen LogP contribution in [0, 0.1) is 5.92 Å². The van der Waals surface area contributed by atoms with Gasteiger partial charge in [0.05, 0.1) is 0 Å². The number of halogens is 1. The number of nitrogens with two attached hydrogens (primary N) is 1. The molecule has 3 nitrogen and oxygen atoms in total. The van der Waals surface area contributed by atoms with Crippen molar-refractivity contribution in [1.82, 2.24) is 5.32 Å². The van der Waals surface area contributed by atoms with E-state index < -0.39 is 0 Å². The van der Waals surface area contributed by atoms with E-state index in [2.05, 4.69) is 5.32 Å². The van der Waals surface area contributed by atoms with Crippen molar-refractivity contribution in [3.63, 3.8) is 0 Å². The molecule has 0 aliphatic carbocycles. The predicted molar refractivity (Wildman–Crippen MR) is 42.0 cm³/mol. The first-order chi connectivity index (χ1) is 4.33. The number of piperidine rings is 1. The maximum atomic E-state index is 10.7. The summed E-state index contributed by atoms with van der Waals surface area (Å²) in [5.74, 6) is 0.579. The minimum atomic E-state index is 0. The first-order valence-corrected chi connectivity index (χ1v) is 3.29. The molecule has 0 bridgehead atoms. The van der Waals surface area contributed by atoms with Gasteiger partial charge in [-0.05, 0) is 18.9 Å². The number of nitrogens with one attached hydrogen (secondary N) is 1. The summed E-state index contributed by atoms with van der Waals surface area (Å²) in [6, 6.07) is 0. The van der Waals surface area contributed by atoms with Gasteiger partial charge in [-0.3, -0.25) is 4.79 Å². The van der Waals surface area contributed by atoms with Crippen LogP contribution in [0.25, 0.3) is 0 Å². The van der Waals surface area contributed by atoms with Crippen LogP contribution >= 0.6 is 12.4 Å². The van der Waals surface area contributed by atoms with Crippen molar-refractivity contribution in [3.05, 3.63) is 0 Å². The highest BCUT2D eigenvalue weighted by Gasteiger charge is 2.16. The Morgan fingerprint density at radius 1 is 1.70 bits per heavy atom. The van der Waals surface area contributed by atoms with Gasteiger partial charge in [-0.1, -0.05) is 0 Å². The normalized spacial score (nSPS) is 24.9. The van der Waals surface area contributed by atoms with Crippen LogP contribution in [-0.4, -0.2) is 19.0 Å². The average molecular weight is 165 g/mol. The Morgan fingerprint density at radius 3 is 2.80 bits per heavy atom. The number of hydrogen-bond acceptors (Lipinski definition) is 2. The van der Waals surface area contributed by atoms with Crippen molar-refractivity contribution in [1.29, 1.82) is 0 Å². The van der Waals surface area contributed by atoms with Crippen LogP contribution in [0.4, 0.5) is 0 Å². The average Bonchev–Trinajstić information content (AvgIpc) is 1.88. The lowest BCUT2D eigenvalue weighted by Crippen LogP contribution is -2.36. The number of carbonyl (C=O) groups excluding carboxylic acids is 1. The van der Waals surface area contributed by atoms with E-state index in [1.54, 1.807) is 0 Å². The Balaban J connectivity index is 0.000000810. The van der Waals surface area contributed by atoms with Crippen LogP contribution in [0.1, 0.15) is 12.8 Å². The molecular formula is C6H13ClN2O. The molecule has 1 rings (SSSR count). The van der Waals surface area contributed by atoms with E-state index in [1.807, 2.05) is 0 Å². The maximum absolute atomic E-state index is 10.7. The van der Waals surface area contributed by atoms with Gasteiger partial charge in [0.15, 0.2) is 0 Å². The van der Waals surface area contributed by atoms with Crippen molar-refractivity contribution in [2.75, 3.05) is 13.1 Å². The standard InChI is InChI=1S/C6H12N2O.ClH/c7-4-5-1-2-8-6(9)3-5;/h5H,1-4,7H2,(H,8,9);1H. The van der Waals surface area contributed by atoms with Crippen molar-refractivity contribution in [2.45, 2.75) is 12.8 Å². The second kappa shape index (κ2) is 4.52. The molecule has 1 unspecified atom stereocenters. The lowest BCUT2D eigenvalue weighted by molar-refractivity contribution is -0.123. The van der Waals surface area contributed by atoms with Crippen molar-refractivity contribution in [3.8, 4) is 0 Å². The van der Waals surface area contributed by atoms with E-state index in [4.69, 9.17) is 5.73 Å². The van der Waals surface area contributed by atoms with Crippen LogP contribution in [0.2, 0.25) is 0 Å². The zero-order chi connectivity index (χ0) is 6.69. The molecule has 4 heteroatoms. The third-order valence-corrected chi connectivity index (χ3v) is 1.68. The van der Waals surface area contributed by atoms with Crippen LogP contribution in [0.5, 0.6) is 0 Å². The molecule has 1 saturated heterocycles. The van der Waals surface area contributed by atoms with Crippen LogP contribution in [-0.2, 0) is 4.79 Å². The lowest BCUT2D eigenvalue weighted by atomic mass is 9.98. The Morgan fingerprint density at radius 2 is 2.40 bits per heavy atom. The van der Waals surface area contributed by atoms with Gasteiger partial charge >= 0.3 is 0 Å². The molecule has 0 aromatic rings. The van der Waals surface area contributed by atoms with Gasteiger partial charge in [-0.2, -0.15) is 0 Å². The fraction of sp³-hybridized carbons (Fsp3) is 0.833. The molecule has 1 heterocycles. The summed E-state index contributed by atoms with van der Waals surface area (Å²) in [6.45, 7) is 1.45. The molecule has 1 aliphatic rings.